The first-order valence-corrected chi connectivity index (χ1v) is 4.62. The molecule has 0 aliphatic rings. The van der Waals surface area contributed by atoms with Crippen molar-refractivity contribution in [1.82, 2.24) is 0 Å². The summed E-state index contributed by atoms with van der Waals surface area (Å²) in [5, 5.41) is -0.271. The number of benzene rings is 1. The number of ketones is 1. The summed E-state index contributed by atoms with van der Waals surface area (Å²) in [4.78, 5) is 11.0. The summed E-state index contributed by atoms with van der Waals surface area (Å²) in [6, 6.07) is 2.46. The quantitative estimate of drug-likeness (QED) is 0.768. The van der Waals surface area contributed by atoms with E-state index in [-0.39, 0.29) is 27.1 Å². The molecule has 0 unspecified atom stereocenters. The zero-order chi connectivity index (χ0) is 11.6. The standard InChI is InChI=1S/C9H6Cl2F2O2/c1-4(14)5-2-3-6(15-9(12)13)8(11)7(5)10/h2-3,9H,1H3. The van der Waals surface area contributed by atoms with Crippen LogP contribution >= 0.6 is 23.2 Å². The molecule has 0 aromatic heterocycles. The zero-order valence-electron chi connectivity index (χ0n) is 7.56. The summed E-state index contributed by atoms with van der Waals surface area (Å²) in [6.07, 6.45) is 0. The van der Waals surface area contributed by atoms with Crippen molar-refractivity contribution in [2.75, 3.05) is 0 Å². The molecule has 0 saturated heterocycles. The molecule has 1 aromatic rings. The van der Waals surface area contributed by atoms with Crippen LogP contribution in [0.2, 0.25) is 10.0 Å². The van der Waals surface area contributed by atoms with Crippen molar-refractivity contribution in [3.8, 4) is 5.75 Å². The van der Waals surface area contributed by atoms with Gasteiger partial charge < -0.3 is 4.74 Å². The minimum absolute atomic E-state index is 0.0812. The van der Waals surface area contributed by atoms with Crippen LogP contribution in [-0.4, -0.2) is 12.4 Å². The number of ether oxygens (including phenoxy) is 1. The monoisotopic (exact) mass is 254 g/mol. The molecule has 0 fully saturated rings. The van der Waals surface area contributed by atoms with Crippen molar-refractivity contribution in [2.24, 2.45) is 0 Å². The largest absolute Gasteiger partial charge is 0.433 e. The number of halogens is 4. The summed E-state index contributed by atoms with van der Waals surface area (Å²) in [5.41, 5.74) is 0.170. The first-order chi connectivity index (χ1) is 6.93. The fraction of sp³-hybridized carbons (Fsp3) is 0.222. The Morgan fingerprint density at radius 3 is 2.40 bits per heavy atom. The topological polar surface area (TPSA) is 26.3 Å². The fourth-order valence-corrected chi connectivity index (χ4v) is 1.49. The smallest absolute Gasteiger partial charge is 0.387 e. The molecule has 0 heterocycles. The Balaban J connectivity index is 3.15. The van der Waals surface area contributed by atoms with Crippen molar-refractivity contribution in [2.45, 2.75) is 13.5 Å². The number of rotatable bonds is 3. The lowest BCUT2D eigenvalue weighted by Crippen LogP contribution is -2.03. The van der Waals surface area contributed by atoms with Crippen LogP contribution in [0.5, 0.6) is 5.75 Å². The molecule has 6 heteroatoms. The summed E-state index contributed by atoms with van der Waals surface area (Å²) < 4.78 is 27.9. The molecule has 1 aromatic carbocycles. The minimum atomic E-state index is -2.98. The third kappa shape index (κ3) is 2.79. The molecule has 0 bridgehead atoms. The summed E-state index contributed by atoms with van der Waals surface area (Å²) >= 11 is 11.3. The molecule has 15 heavy (non-hydrogen) atoms. The molecule has 1 rings (SSSR count). The number of hydrogen-bond donors (Lipinski definition) is 0. The van der Waals surface area contributed by atoms with Gasteiger partial charge in [0.2, 0.25) is 0 Å². The van der Waals surface area contributed by atoms with E-state index in [1.807, 2.05) is 0 Å². The number of carbonyl (C=O) groups excluding carboxylic acids is 1. The first kappa shape index (κ1) is 12.2. The second-order valence-corrected chi connectivity index (χ2v) is 3.43. The van der Waals surface area contributed by atoms with Gasteiger partial charge in [0.25, 0.3) is 0 Å². The third-order valence-electron chi connectivity index (χ3n) is 1.64. The Morgan fingerprint density at radius 1 is 1.33 bits per heavy atom. The molecule has 0 saturated carbocycles. The van der Waals surface area contributed by atoms with E-state index in [1.165, 1.54) is 19.1 Å². The molecule has 0 aliphatic heterocycles. The van der Waals surface area contributed by atoms with Gasteiger partial charge in [-0.05, 0) is 19.1 Å². The van der Waals surface area contributed by atoms with Crippen molar-refractivity contribution >= 4 is 29.0 Å². The van der Waals surface area contributed by atoms with E-state index in [9.17, 15) is 13.6 Å². The van der Waals surface area contributed by atoms with E-state index in [1.54, 1.807) is 0 Å². The van der Waals surface area contributed by atoms with Crippen LogP contribution in [0.4, 0.5) is 8.78 Å². The Labute approximate surface area is 94.7 Å². The predicted octanol–water partition coefficient (Wildman–Crippen LogP) is 3.80. The van der Waals surface area contributed by atoms with Crippen LogP contribution in [0.1, 0.15) is 17.3 Å². The highest BCUT2D eigenvalue weighted by Gasteiger charge is 2.16. The zero-order valence-corrected chi connectivity index (χ0v) is 9.07. The molecule has 0 amide bonds. The van der Waals surface area contributed by atoms with Gasteiger partial charge in [-0.2, -0.15) is 8.78 Å². The Kier molecular flexibility index (Phi) is 3.88. The normalized spacial score (nSPS) is 10.5. The van der Waals surface area contributed by atoms with E-state index in [0.717, 1.165) is 0 Å². The highest BCUT2D eigenvalue weighted by Crippen LogP contribution is 2.35. The molecule has 0 spiro atoms. The highest BCUT2D eigenvalue weighted by molar-refractivity contribution is 6.44. The van der Waals surface area contributed by atoms with Gasteiger partial charge in [0.05, 0.1) is 5.02 Å². The van der Waals surface area contributed by atoms with E-state index in [2.05, 4.69) is 4.74 Å². The molecular weight excluding hydrogens is 249 g/mol. The summed E-state index contributed by atoms with van der Waals surface area (Å²) in [5.74, 6) is -0.549. The third-order valence-corrected chi connectivity index (χ3v) is 2.51. The predicted molar refractivity (Wildman–Crippen MR) is 53.1 cm³/mol. The lowest BCUT2D eigenvalue weighted by molar-refractivity contribution is -0.0497. The van der Waals surface area contributed by atoms with Gasteiger partial charge in [-0.25, -0.2) is 0 Å². The molecule has 0 atom stereocenters. The van der Waals surface area contributed by atoms with Gasteiger partial charge >= 0.3 is 6.61 Å². The van der Waals surface area contributed by atoms with Crippen molar-refractivity contribution in [3.05, 3.63) is 27.7 Å². The number of carbonyl (C=O) groups is 1. The Hall–Kier alpha value is -0.870. The Morgan fingerprint density at radius 2 is 1.93 bits per heavy atom. The van der Waals surface area contributed by atoms with Gasteiger partial charge in [0.1, 0.15) is 10.8 Å². The van der Waals surface area contributed by atoms with Crippen LogP contribution in [0.15, 0.2) is 12.1 Å². The molecule has 82 valence electrons. The van der Waals surface area contributed by atoms with Gasteiger partial charge in [-0.15, -0.1) is 0 Å². The first-order valence-electron chi connectivity index (χ1n) is 3.87. The molecule has 2 nitrogen and oxygen atoms in total. The van der Waals surface area contributed by atoms with Gasteiger partial charge in [0.15, 0.2) is 5.78 Å². The van der Waals surface area contributed by atoms with Gasteiger partial charge in [-0.1, -0.05) is 23.2 Å². The maximum atomic E-state index is 11.9. The van der Waals surface area contributed by atoms with Gasteiger partial charge in [0, 0.05) is 5.56 Å². The van der Waals surface area contributed by atoms with E-state index >= 15 is 0 Å². The SMILES string of the molecule is CC(=O)c1ccc(OC(F)F)c(Cl)c1Cl. The van der Waals surface area contributed by atoms with Gasteiger partial charge in [-0.3, -0.25) is 4.79 Å². The van der Waals surface area contributed by atoms with Crippen molar-refractivity contribution < 1.29 is 18.3 Å². The van der Waals surface area contributed by atoms with Crippen LogP contribution in [0.3, 0.4) is 0 Å². The second-order valence-electron chi connectivity index (χ2n) is 2.67. The van der Waals surface area contributed by atoms with Crippen LogP contribution in [0, 0.1) is 0 Å². The maximum Gasteiger partial charge on any atom is 0.387 e. The summed E-state index contributed by atoms with van der Waals surface area (Å²) in [6.45, 7) is -1.69. The highest BCUT2D eigenvalue weighted by atomic mass is 35.5. The average molecular weight is 255 g/mol. The fourth-order valence-electron chi connectivity index (χ4n) is 0.991. The van der Waals surface area contributed by atoms with E-state index in [0.29, 0.717) is 0 Å². The van der Waals surface area contributed by atoms with E-state index < -0.39 is 6.61 Å². The second kappa shape index (κ2) is 4.77. The lowest BCUT2D eigenvalue weighted by Gasteiger charge is -2.09. The van der Waals surface area contributed by atoms with Crippen LogP contribution in [0.25, 0.3) is 0 Å². The molecule has 0 aliphatic carbocycles. The number of hydrogen-bond acceptors (Lipinski definition) is 2. The number of alkyl halides is 2. The summed E-state index contributed by atoms with van der Waals surface area (Å²) in [7, 11) is 0. The molecule has 0 radical (unpaired) electrons. The molecular formula is C9H6Cl2F2O2. The average Bonchev–Trinajstić information content (AvgIpc) is 2.12. The maximum absolute atomic E-state index is 11.9. The van der Waals surface area contributed by atoms with Crippen molar-refractivity contribution in [1.29, 1.82) is 0 Å². The minimum Gasteiger partial charge on any atom is -0.433 e. The van der Waals surface area contributed by atoms with Crippen molar-refractivity contribution in [3.63, 3.8) is 0 Å². The Bertz CT molecular complexity index is 394. The van der Waals surface area contributed by atoms with E-state index in [4.69, 9.17) is 23.2 Å². The van der Waals surface area contributed by atoms with Crippen LogP contribution < -0.4 is 4.74 Å². The van der Waals surface area contributed by atoms with Crippen LogP contribution in [-0.2, 0) is 0 Å². The lowest BCUT2D eigenvalue weighted by atomic mass is 10.1. The molecule has 0 N–H and O–H groups in total. The number of Topliss-reactive ketones (excluding diaryl/α,β-unsaturated/α-hetero) is 1.